The van der Waals surface area contributed by atoms with Gasteiger partial charge in [0.1, 0.15) is 5.60 Å². The molecule has 0 spiro atoms. The van der Waals surface area contributed by atoms with E-state index >= 15 is 0 Å². The van der Waals surface area contributed by atoms with E-state index in [2.05, 4.69) is 41.6 Å². The Morgan fingerprint density at radius 2 is 1.96 bits per heavy atom. The fourth-order valence-electron chi connectivity index (χ4n) is 3.75. The van der Waals surface area contributed by atoms with Crippen LogP contribution in [0.4, 0.5) is 0 Å². The van der Waals surface area contributed by atoms with Crippen molar-refractivity contribution in [1.29, 1.82) is 0 Å². The largest absolute Gasteiger partial charge is 0.563 e. The third kappa shape index (κ3) is 2.66. The summed E-state index contributed by atoms with van der Waals surface area (Å²) in [5.74, 6) is 0.672. The predicted octanol–water partition coefficient (Wildman–Crippen LogP) is 3.15. The minimum Gasteiger partial charge on any atom is -0.534 e. The standard InChI is InChI=1S/C19H24BNO3/c1-13-19(2,3)24-20(23-13)15-4-9-18-14(12-15)10-11-21(18)16-5-7-17(22)8-6-16/h4,9-12,16-17,22H,1,5-8H2,2-3H3/t16-,17+. The molecule has 1 aromatic carbocycles. The number of aromatic nitrogens is 1. The van der Waals surface area contributed by atoms with E-state index in [0.717, 1.165) is 31.1 Å². The maximum absolute atomic E-state index is 9.71. The number of nitrogens with zero attached hydrogens (tertiary/aromatic N) is 1. The van der Waals surface area contributed by atoms with E-state index in [4.69, 9.17) is 9.31 Å². The zero-order valence-corrected chi connectivity index (χ0v) is 14.4. The summed E-state index contributed by atoms with van der Waals surface area (Å²) in [4.78, 5) is 0. The quantitative estimate of drug-likeness (QED) is 0.863. The van der Waals surface area contributed by atoms with Crippen LogP contribution in [0.3, 0.4) is 0 Å². The van der Waals surface area contributed by atoms with E-state index in [1.807, 2.05) is 13.8 Å². The number of fused-ring (bicyclic) bond motifs is 1. The van der Waals surface area contributed by atoms with E-state index in [0.29, 0.717) is 11.8 Å². The van der Waals surface area contributed by atoms with E-state index in [1.165, 1.54) is 10.9 Å². The van der Waals surface area contributed by atoms with Crippen LogP contribution in [0.5, 0.6) is 0 Å². The van der Waals surface area contributed by atoms with Crippen LogP contribution < -0.4 is 5.46 Å². The maximum Gasteiger partial charge on any atom is 0.563 e. The van der Waals surface area contributed by atoms with Crippen molar-refractivity contribution < 1.29 is 14.4 Å². The van der Waals surface area contributed by atoms with Crippen molar-refractivity contribution in [1.82, 2.24) is 4.57 Å². The molecule has 0 amide bonds. The fourth-order valence-corrected chi connectivity index (χ4v) is 3.75. The molecule has 1 aliphatic carbocycles. The Hall–Kier alpha value is -1.72. The Morgan fingerprint density at radius 3 is 2.62 bits per heavy atom. The highest BCUT2D eigenvalue weighted by atomic mass is 16.7. The lowest BCUT2D eigenvalue weighted by Crippen LogP contribution is -2.34. The molecule has 0 unspecified atom stereocenters. The highest BCUT2D eigenvalue weighted by Gasteiger charge is 2.42. The van der Waals surface area contributed by atoms with Crippen LogP contribution in [0.25, 0.3) is 10.9 Å². The lowest BCUT2D eigenvalue weighted by molar-refractivity contribution is 0.111. The molecule has 2 heterocycles. The van der Waals surface area contributed by atoms with Gasteiger partial charge in [-0.2, -0.15) is 0 Å². The van der Waals surface area contributed by atoms with Gasteiger partial charge in [0, 0.05) is 17.8 Å². The van der Waals surface area contributed by atoms with Crippen LogP contribution in [0, 0.1) is 0 Å². The summed E-state index contributed by atoms with van der Waals surface area (Å²) in [6.07, 6.45) is 5.90. The summed E-state index contributed by atoms with van der Waals surface area (Å²) in [5, 5.41) is 10.9. The molecule has 1 saturated heterocycles. The van der Waals surface area contributed by atoms with Crippen molar-refractivity contribution in [3.05, 3.63) is 42.8 Å². The number of hydrogen-bond acceptors (Lipinski definition) is 3. The molecular formula is C19H24BNO3. The highest BCUT2D eigenvalue weighted by molar-refractivity contribution is 6.62. The summed E-state index contributed by atoms with van der Waals surface area (Å²) in [6, 6.07) is 9.00. The molecule has 0 atom stereocenters. The summed E-state index contributed by atoms with van der Waals surface area (Å²) >= 11 is 0. The molecule has 2 fully saturated rings. The van der Waals surface area contributed by atoms with E-state index in [-0.39, 0.29) is 13.2 Å². The van der Waals surface area contributed by atoms with Gasteiger partial charge in [-0.15, -0.1) is 0 Å². The first kappa shape index (κ1) is 15.8. The van der Waals surface area contributed by atoms with Gasteiger partial charge in [0.25, 0.3) is 0 Å². The van der Waals surface area contributed by atoms with Gasteiger partial charge in [-0.05, 0) is 62.5 Å². The molecular weight excluding hydrogens is 301 g/mol. The van der Waals surface area contributed by atoms with Crippen molar-refractivity contribution >= 4 is 23.5 Å². The van der Waals surface area contributed by atoms with Crippen molar-refractivity contribution in [3.8, 4) is 0 Å². The Balaban J connectivity index is 1.60. The third-order valence-corrected chi connectivity index (χ3v) is 5.40. The van der Waals surface area contributed by atoms with Crippen LogP contribution >= 0.6 is 0 Å². The predicted molar refractivity (Wildman–Crippen MR) is 96.2 cm³/mol. The fraction of sp³-hybridized carbons (Fsp3) is 0.474. The zero-order valence-electron chi connectivity index (χ0n) is 14.4. The topological polar surface area (TPSA) is 43.6 Å². The second-order valence-electron chi connectivity index (χ2n) is 7.50. The Kier molecular flexibility index (Phi) is 3.73. The van der Waals surface area contributed by atoms with Gasteiger partial charge in [0.15, 0.2) is 0 Å². The third-order valence-electron chi connectivity index (χ3n) is 5.40. The van der Waals surface area contributed by atoms with Crippen LogP contribution in [-0.4, -0.2) is 28.5 Å². The molecule has 4 nitrogen and oxygen atoms in total. The molecule has 1 N–H and O–H groups in total. The molecule has 0 bridgehead atoms. The normalized spacial score (nSPS) is 26.8. The molecule has 1 aliphatic heterocycles. The van der Waals surface area contributed by atoms with E-state index < -0.39 is 5.60 Å². The van der Waals surface area contributed by atoms with Gasteiger partial charge in [-0.1, -0.05) is 18.7 Å². The van der Waals surface area contributed by atoms with Crippen LogP contribution in [0.15, 0.2) is 42.8 Å². The molecule has 1 saturated carbocycles. The van der Waals surface area contributed by atoms with Crippen LogP contribution in [0.2, 0.25) is 0 Å². The van der Waals surface area contributed by atoms with Gasteiger partial charge >= 0.3 is 7.12 Å². The molecule has 2 aliphatic rings. The van der Waals surface area contributed by atoms with E-state index in [9.17, 15) is 5.11 Å². The number of benzene rings is 1. The molecule has 2 aromatic rings. The minimum atomic E-state index is -0.450. The van der Waals surface area contributed by atoms with Crippen molar-refractivity contribution in [2.45, 2.75) is 57.3 Å². The van der Waals surface area contributed by atoms with Crippen molar-refractivity contribution in [2.75, 3.05) is 0 Å². The monoisotopic (exact) mass is 325 g/mol. The number of aliphatic hydroxyl groups is 1. The smallest absolute Gasteiger partial charge is 0.534 e. The Morgan fingerprint density at radius 1 is 1.21 bits per heavy atom. The molecule has 5 heteroatoms. The first-order valence-corrected chi connectivity index (χ1v) is 8.76. The lowest BCUT2D eigenvalue weighted by atomic mass is 9.79. The summed E-state index contributed by atoms with van der Waals surface area (Å²) < 4.78 is 14.1. The van der Waals surface area contributed by atoms with Gasteiger partial charge < -0.3 is 19.0 Å². The highest BCUT2D eigenvalue weighted by Crippen LogP contribution is 2.32. The van der Waals surface area contributed by atoms with Gasteiger partial charge in [-0.3, -0.25) is 0 Å². The first-order valence-electron chi connectivity index (χ1n) is 8.76. The first-order chi connectivity index (χ1) is 11.4. The maximum atomic E-state index is 9.71. The van der Waals surface area contributed by atoms with Gasteiger partial charge in [0.2, 0.25) is 0 Å². The molecule has 0 radical (unpaired) electrons. The number of aliphatic hydroxyl groups excluding tert-OH is 1. The van der Waals surface area contributed by atoms with Gasteiger partial charge in [0.05, 0.1) is 11.9 Å². The molecule has 126 valence electrons. The average Bonchev–Trinajstić information content (AvgIpc) is 3.09. The number of hydrogen-bond donors (Lipinski definition) is 1. The van der Waals surface area contributed by atoms with Crippen molar-refractivity contribution in [3.63, 3.8) is 0 Å². The molecule has 1 aromatic heterocycles. The Bertz CT molecular complexity index is 774. The average molecular weight is 325 g/mol. The zero-order chi connectivity index (χ0) is 16.9. The van der Waals surface area contributed by atoms with Crippen molar-refractivity contribution in [2.24, 2.45) is 0 Å². The SMILES string of the molecule is C=C1OB(c2ccc3c(ccn3[C@H]3CC[C@@H](O)CC3)c2)OC1(C)C. The summed E-state index contributed by atoms with van der Waals surface area (Å²) in [6.45, 7) is 7.89. The number of rotatable bonds is 2. The van der Waals surface area contributed by atoms with Gasteiger partial charge in [-0.25, -0.2) is 0 Å². The Labute approximate surface area is 143 Å². The second kappa shape index (κ2) is 5.68. The summed E-state index contributed by atoms with van der Waals surface area (Å²) in [5.41, 5.74) is 1.80. The second-order valence-corrected chi connectivity index (χ2v) is 7.50. The lowest BCUT2D eigenvalue weighted by Gasteiger charge is -2.27. The van der Waals surface area contributed by atoms with Crippen LogP contribution in [0.1, 0.15) is 45.6 Å². The van der Waals surface area contributed by atoms with E-state index in [1.54, 1.807) is 0 Å². The van der Waals surface area contributed by atoms with Crippen LogP contribution in [-0.2, 0) is 9.31 Å². The summed E-state index contributed by atoms with van der Waals surface area (Å²) in [7, 11) is -0.384. The molecule has 4 rings (SSSR count). The molecule has 24 heavy (non-hydrogen) atoms. The minimum absolute atomic E-state index is 0.122.